The predicted molar refractivity (Wildman–Crippen MR) is 46.0 cm³/mol. The van der Waals surface area contributed by atoms with Crippen LogP contribution in [0.3, 0.4) is 0 Å². The van der Waals surface area contributed by atoms with Crippen molar-refractivity contribution in [1.29, 1.82) is 0 Å². The average molecular weight is 183 g/mol. The first kappa shape index (κ1) is 7.76. The van der Waals surface area contributed by atoms with Gasteiger partial charge < -0.3 is 0 Å². The summed E-state index contributed by atoms with van der Waals surface area (Å²) in [6.45, 7) is 1.97. The molecule has 1 aliphatic heterocycles. The third kappa shape index (κ3) is 1.23. The van der Waals surface area contributed by atoms with E-state index < -0.39 is 15.4 Å². The Morgan fingerprint density at radius 2 is 1.75 bits per heavy atom. The monoisotopic (exact) mass is 183 g/mol. The van der Waals surface area contributed by atoms with Crippen LogP contribution in [0.15, 0.2) is 24.3 Å². The van der Waals surface area contributed by atoms with Crippen molar-refractivity contribution in [3.8, 4) is 0 Å². The number of aryl methyl sites for hydroxylation is 1. The lowest BCUT2D eigenvalue weighted by Gasteiger charge is -1.93. The summed E-state index contributed by atoms with van der Waals surface area (Å²) in [4.78, 5) is 0. The van der Waals surface area contributed by atoms with Gasteiger partial charge in [-0.2, -0.15) is 4.72 Å². The zero-order valence-corrected chi connectivity index (χ0v) is 7.43. The maximum Gasteiger partial charge on any atom is 0.234 e. The molecule has 0 saturated carbocycles. The first-order valence-corrected chi connectivity index (χ1v) is 5.22. The van der Waals surface area contributed by atoms with Gasteiger partial charge in [0.2, 0.25) is 10.0 Å². The summed E-state index contributed by atoms with van der Waals surface area (Å²) in [6, 6.07) is 7.48. The fourth-order valence-corrected chi connectivity index (χ4v) is 2.24. The lowest BCUT2D eigenvalue weighted by atomic mass is 10.1. The maximum absolute atomic E-state index is 10.8. The number of hydrogen-bond donors (Lipinski definition) is 1. The van der Waals surface area contributed by atoms with E-state index in [1.165, 1.54) is 0 Å². The van der Waals surface area contributed by atoms with E-state index in [0.717, 1.165) is 11.1 Å². The van der Waals surface area contributed by atoms with Gasteiger partial charge in [-0.05, 0) is 12.5 Å². The van der Waals surface area contributed by atoms with Gasteiger partial charge in [-0.15, -0.1) is 0 Å². The Labute approximate surface area is 71.5 Å². The molecule has 1 aromatic carbocycles. The molecule has 0 spiro atoms. The van der Waals surface area contributed by atoms with Gasteiger partial charge in [-0.1, -0.05) is 29.8 Å². The van der Waals surface area contributed by atoms with Crippen LogP contribution in [-0.4, -0.2) is 8.42 Å². The van der Waals surface area contributed by atoms with Crippen LogP contribution in [0.2, 0.25) is 0 Å². The molecular weight excluding hydrogens is 174 g/mol. The molecule has 0 aliphatic carbocycles. The smallest absolute Gasteiger partial charge is 0.210 e. The highest BCUT2D eigenvalue weighted by atomic mass is 32.2. The first-order valence-electron chi connectivity index (χ1n) is 3.67. The Morgan fingerprint density at radius 1 is 1.25 bits per heavy atom. The van der Waals surface area contributed by atoms with Crippen LogP contribution in [0.5, 0.6) is 0 Å². The average Bonchev–Trinajstić information content (AvgIpc) is 2.61. The highest BCUT2D eigenvalue weighted by Crippen LogP contribution is 2.31. The van der Waals surface area contributed by atoms with E-state index in [1.54, 1.807) is 0 Å². The van der Waals surface area contributed by atoms with Gasteiger partial charge in [0.1, 0.15) is 0 Å². The lowest BCUT2D eigenvalue weighted by Crippen LogP contribution is -1.83. The maximum atomic E-state index is 10.8. The minimum Gasteiger partial charge on any atom is -0.210 e. The van der Waals surface area contributed by atoms with E-state index in [0.29, 0.717) is 0 Å². The highest BCUT2D eigenvalue weighted by Gasteiger charge is 2.43. The summed E-state index contributed by atoms with van der Waals surface area (Å²) in [6.07, 6.45) is 0. The van der Waals surface area contributed by atoms with Crippen molar-refractivity contribution in [2.45, 2.75) is 12.3 Å². The topological polar surface area (TPSA) is 56.1 Å². The largest absolute Gasteiger partial charge is 0.234 e. The molecule has 4 heteroatoms. The fraction of sp³-hybridized carbons (Fsp3) is 0.250. The van der Waals surface area contributed by atoms with E-state index in [1.807, 2.05) is 31.2 Å². The fourth-order valence-electron chi connectivity index (χ4n) is 1.11. The van der Waals surface area contributed by atoms with E-state index in [9.17, 15) is 8.42 Å². The van der Waals surface area contributed by atoms with Crippen molar-refractivity contribution in [2.75, 3.05) is 0 Å². The summed E-state index contributed by atoms with van der Waals surface area (Å²) in [5, 5.41) is -0.460. The molecule has 12 heavy (non-hydrogen) atoms. The Kier molecular flexibility index (Phi) is 1.49. The Hall–Kier alpha value is -0.870. The number of nitrogens with one attached hydrogen (secondary N) is 1. The molecule has 0 amide bonds. The van der Waals surface area contributed by atoms with E-state index in [-0.39, 0.29) is 0 Å². The molecule has 1 unspecified atom stereocenters. The zero-order valence-electron chi connectivity index (χ0n) is 6.61. The first-order chi connectivity index (χ1) is 5.59. The van der Waals surface area contributed by atoms with Gasteiger partial charge in [0.25, 0.3) is 0 Å². The second-order valence-electron chi connectivity index (χ2n) is 2.95. The molecule has 1 aliphatic rings. The molecule has 0 bridgehead atoms. The molecule has 1 N–H and O–H groups in total. The Bertz CT molecular complexity index is 394. The normalized spacial score (nSPS) is 25.2. The molecule has 1 saturated heterocycles. The molecule has 1 heterocycles. The van der Waals surface area contributed by atoms with E-state index in [2.05, 4.69) is 4.72 Å². The molecule has 1 fully saturated rings. The number of rotatable bonds is 1. The minimum absolute atomic E-state index is 0.460. The summed E-state index contributed by atoms with van der Waals surface area (Å²) in [5.74, 6) is 0. The van der Waals surface area contributed by atoms with E-state index in [4.69, 9.17) is 0 Å². The van der Waals surface area contributed by atoms with E-state index >= 15 is 0 Å². The molecule has 0 aromatic heterocycles. The number of sulfonamides is 1. The summed E-state index contributed by atoms with van der Waals surface area (Å²) >= 11 is 0. The SMILES string of the molecule is Cc1ccc(C2NS2(=O)=O)cc1. The van der Waals surface area contributed by atoms with Crippen molar-refractivity contribution in [2.24, 2.45) is 0 Å². The van der Waals surface area contributed by atoms with Crippen LogP contribution in [0.1, 0.15) is 16.5 Å². The second kappa shape index (κ2) is 2.31. The Morgan fingerprint density at radius 3 is 2.17 bits per heavy atom. The number of benzene rings is 1. The summed E-state index contributed by atoms with van der Waals surface area (Å²) < 4.78 is 24.1. The summed E-state index contributed by atoms with van der Waals surface area (Å²) in [5.41, 5.74) is 1.96. The quantitative estimate of drug-likeness (QED) is 0.658. The van der Waals surface area contributed by atoms with Crippen LogP contribution < -0.4 is 4.72 Å². The van der Waals surface area contributed by atoms with Crippen molar-refractivity contribution >= 4 is 10.0 Å². The standard InChI is InChI=1S/C8H9NO2S/c1-6-2-4-7(5-3-6)8-9-12(8,10)11/h2-5,8-9H,1H3. The lowest BCUT2D eigenvalue weighted by molar-refractivity contribution is 0.611. The molecule has 0 radical (unpaired) electrons. The molecule has 1 atom stereocenters. The zero-order chi connectivity index (χ0) is 8.77. The van der Waals surface area contributed by atoms with Crippen LogP contribution in [0.25, 0.3) is 0 Å². The molecule has 64 valence electrons. The van der Waals surface area contributed by atoms with Crippen LogP contribution >= 0.6 is 0 Å². The highest BCUT2D eigenvalue weighted by molar-refractivity contribution is 7.96. The third-order valence-corrected chi connectivity index (χ3v) is 3.23. The minimum atomic E-state index is -2.97. The second-order valence-corrected chi connectivity index (χ2v) is 4.75. The number of hydrogen-bond acceptors (Lipinski definition) is 2. The van der Waals surface area contributed by atoms with Gasteiger partial charge in [-0.3, -0.25) is 0 Å². The Balaban J connectivity index is 2.33. The predicted octanol–water partition coefficient (Wildman–Crippen LogP) is 0.927. The van der Waals surface area contributed by atoms with Gasteiger partial charge >= 0.3 is 0 Å². The molecular formula is C8H9NO2S. The van der Waals surface area contributed by atoms with Crippen LogP contribution in [0.4, 0.5) is 0 Å². The van der Waals surface area contributed by atoms with Crippen LogP contribution in [-0.2, 0) is 10.0 Å². The van der Waals surface area contributed by atoms with Crippen molar-refractivity contribution in [1.82, 2.24) is 4.72 Å². The van der Waals surface area contributed by atoms with Crippen molar-refractivity contribution in [3.63, 3.8) is 0 Å². The van der Waals surface area contributed by atoms with Gasteiger partial charge in [0, 0.05) is 0 Å². The van der Waals surface area contributed by atoms with Crippen LogP contribution in [0, 0.1) is 6.92 Å². The molecule has 1 aromatic rings. The summed E-state index contributed by atoms with van der Waals surface area (Å²) in [7, 11) is -2.97. The van der Waals surface area contributed by atoms with Crippen molar-refractivity contribution in [3.05, 3.63) is 35.4 Å². The van der Waals surface area contributed by atoms with Gasteiger partial charge in [0.05, 0.1) is 0 Å². The molecule has 3 nitrogen and oxygen atoms in total. The van der Waals surface area contributed by atoms with Gasteiger partial charge in [0.15, 0.2) is 5.37 Å². The third-order valence-electron chi connectivity index (χ3n) is 1.90. The molecule has 2 rings (SSSR count). The van der Waals surface area contributed by atoms with Gasteiger partial charge in [-0.25, -0.2) is 8.42 Å². The van der Waals surface area contributed by atoms with Crippen molar-refractivity contribution < 1.29 is 8.42 Å².